The van der Waals surface area contributed by atoms with Crippen LogP contribution >= 0.6 is 0 Å². The molecule has 0 spiro atoms. The zero-order chi connectivity index (χ0) is 11.1. The first-order chi connectivity index (χ1) is 6.47. The van der Waals surface area contributed by atoms with Crippen LogP contribution in [0.5, 0.6) is 0 Å². The van der Waals surface area contributed by atoms with Crippen molar-refractivity contribution in [3.63, 3.8) is 0 Å². The molecule has 0 aliphatic carbocycles. The SMILES string of the molecule is C=C[C@@H](C)N(C)CC(C)COC(F)F. The second-order valence-corrected chi connectivity index (χ2v) is 3.62. The third-order valence-electron chi connectivity index (χ3n) is 2.14. The van der Waals surface area contributed by atoms with Crippen LogP contribution in [-0.4, -0.2) is 37.8 Å². The normalized spacial score (nSPS) is 15.9. The van der Waals surface area contributed by atoms with Gasteiger partial charge in [0.25, 0.3) is 0 Å². The molecule has 0 saturated carbocycles. The van der Waals surface area contributed by atoms with Gasteiger partial charge in [-0.3, -0.25) is 4.90 Å². The van der Waals surface area contributed by atoms with Gasteiger partial charge in [0, 0.05) is 12.6 Å². The zero-order valence-electron chi connectivity index (χ0n) is 9.04. The van der Waals surface area contributed by atoms with Crippen LogP contribution in [-0.2, 0) is 4.74 Å². The van der Waals surface area contributed by atoms with E-state index in [2.05, 4.69) is 11.3 Å². The number of halogens is 2. The highest BCUT2D eigenvalue weighted by Gasteiger charge is 2.12. The Hall–Kier alpha value is -0.480. The highest BCUT2D eigenvalue weighted by atomic mass is 19.3. The van der Waals surface area contributed by atoms with Crippen LogP contribution in [0.3, 0.4) is 0 Å². The maximum atomic E-state index is 11.7. The summed E-state index contributed by atoms with van der Waals surface area (Å²) >= 11 is 0. The van der Waals surface area contributed by atoms with E-state index in [4.69, 9.17) is 0 Å². The van der Waals surface area contributed by atoms with Crippen LogP contribution in [0.15, 0.2) is 12.7 Å². The average molecular weight is 207 g/mol. The molecule has 0 N–H and O–H groups in total. The van der Waals surface area contributed by atoms with E-state index in [-0.39, 0.29) is 18.6 Å². The number of likely N-dealkylation sites (N-methyl/N-ethyl adjacent to an activating group) is 1. The van der Waals surface area contributed by atoms with Gasteiger partial charge in [-0.25, -0.2) is 0 Å². The number of alkyl halides is 2. The van der Waals surface area contributed by atoms with E-state index in [0.717, 1.165) is 6.54 Å². The largest absolute Gasteiger partial charge is 0.345 e. The Kier molecular flexibility index (Phi) is 6.66. The Morgan fingerprint density at radius 3 is 2.43 bits per heavy atom. The molecule has 1 unspecified atom stereocenters. The monoisotopic (exact) mass is 207 g/mol. The summed E-state index contributed by atoms with van der Waals surface area (Å²) in [6.07, 6.45) is 1.82. The lowest BCUT2D eigenvalue weighted by molar-refractivity contribution is -0.138. The van der Waals surface area contributed by atoms with Crippen molar-refractivity contribution in [3.05, 3.63) is 12.7 Å². The van der Waals surface area contributed by atoms with E-state index in [0.29, 0.717) is 0 Å². The van der Waals surface area contributed by atoms with Gasteiger partial charge in [0.2, 0.25) is 0 Å². The van der Waals surface area contributed by atoms with Crippen molar-refractivity contribution in [2.24, 2.45) is 5.92 Å². The topological polar surface area (TPSA) is 12.5 Å². The number of hydrogen-bond donors (Lipinski definition) is 0. The predicted octanol–water partition coefficient (Wildman–Crippen LogP) is 2.37. The summed E-state index contributed by atoms with van der Waals surface area (Å²) in [4.78, 5) is 2.05. The van der Waals surface area contributed by atoms with E-state index >= 15 is 0 Å². The van der Waals surface area contributed by atoms with Crippen molar-refractivity contribution in [1.29, 1.82) is 0 Å². The molecule has 0 fully saturated rings. The van der Waals surface area contributed by atoms with Gasteiger partial charge >= 0.3 is 6.61 Å². The van der Waals surface area contributed by atoms with Crippen LogP contribution in [0.2, 0.25) is 0 Å². The van der Waals surface area contributed by atoms with Crippen LogP contribution in [0.1, 0.15) is 13.8 Å². The van der Waals surface area contributed by atoms with Gasteiger partial charge in [0.15, 0.2) is 0 Å². The van der Waals surface area contributed by atoms with Gasteiger partial charge in [-0.15, -0.1) is 6.58 Å². The smallest absolute Gasteiger partial charge is 0.323 e. The molecule has 0 amide bonds. The molecule has 0 aliphatic rings. The molecule has 0 bridgehead atoms. The van der Waals surface area contributed by atoms with Crippen LogP contribution < -0.4 is 0 Å². The lowest BCUT2D eigenvalue weighted by Crippen LogP contribution is -2.33. The fourth-order valence-electron chi connectivity index (χ4n) is 1.13. The second-order valence-electron chi connectivity index (χ2n) is 3.62. The quantitative estimate of drug-likeness (QED) is 0.594. The number of nitrogens with zero attached hydrogens (tertiary/aromatic N) is 1. The van der Waals surface area contributed by atoms with Crippen LogP contribution in [0.4, 0.5) is 8.78 Å². The fourth-order valence-corrected chi connectivity index (χ4v) is 1.13. The van der Waals surface area contributed by atoms with E-state index in [1.807, 2.05) is 31.9 Å². The van der Waals surface area contributed by atoms with Gasteiger partial charge in [-0.05, 0) is 19.9 Å². The molecule has 14 heavy (non-hydrogen) atoms. The molecule has 0 radical (unpaired) electrons. The Balaban J connectivity index is 3.70. The van der Waals surface area contributed by atoms with Crippen molar-refractivity contribution < 1.29 is 13.5 Å². The lowest BCUT2D eigenvalue weighted by atomic mass is 10.1. The van der Waals surface area contributed by atoms with Gasteiger partial charge in [-0.2, -0.15) is 8.78 Å². The summed E-state index contributed by atoms with van der Waals surface area (Å²) in [5.41, 5.74) is 0. The first-order valence-electron chi connectivity index (χ1n) is 4.70. The fraction of sp³-hybridized carbons (Fsp3) is 0.800. The van der Waals surface area contributed by atoms with Gasteiger partial charge < -0.3 is 4.74 Å². The van der Waals surface area contributed by atoms with Gasteiger partial charge in [-0.1, -0.05) is 13.0 Å². The molecular weight excluding hydrogens is 188 g/mol. The maximum Gasteiger partial charge on any atom is 0.345 e. The van der Waals surface area contributed by atoms with E-state index in [9.17, 15) is 8.78 Å². The Morgan fingerprint density at radius 1 is 1.43 bits per heavy atom. The highest BCUT2D eigenvalue weighted by molar-refractivity contribution is 4.82. The summed E-state index contributed by atoms with van der Waals surface area (Å²) in [7, 11) is 1.94. The molecule has 0 aromatic carbocycles. The van der Waals surface area contributed by atoms with Gasteiger partial charge in [0.1, 0.15) is 0 Å². The van der Waals surface area contributed by atoms with Crippen LogP contribution in [0, 0.1) is 5.92 Å². The maximum absolute atomic E-state index is 11.7. The van der Waals surface area contributed by atoms with Crippen molar-refractivity contribution >= 4 is 0 Å². The van der Waals surface area contributed by atoms with Gasteiger partial charge in [0.05, 0.1) is 6.61 Å². The Labute approximate surface area is 84.5 Å². The lowest BCUT2D eigenvalue weighted by Gasteiger charge is -2.25. The number of ether oxygens (including phenoxy) is 1. The predicted molar refractivity (Wildman–Crippen MR) is 53.4 cm³/mol. The molecule has 4 heteroatoms. The minimum Gasteiger partial charge on any atom is -0.323 e. The van der Waals surface area contributed by atoms with Crippen molar-refractivity contribution in [3.8, 4) is 0 Å². The first kappa shape index (κ1) is 13.5. The third-order valence-corrected chi connectivity index (χ3v) is 2.14. The number of rotatable bonds is 7. The minimum absolute atomic E-state index is 0.0892. The molecular formula is C10H19F2NO. The molecule has 84 valence electrons. The molecule has 0 aromatic heterocycles. The molecule has 0 saturated heterocycles. The Morgan fingerprint density at radius 2 is 2.00 bits per heavy atom. The highest BCUT2D eigenvalue weighted by Crippen LogP contribution is 2.05. The molecule has 0 aromatic rings. The third kappa shape index (κ3) is 6.05. The molecule has 0 rings (SSSR count). The summed E-state index contributed by atoms with van der Waals surface area (Å²) < 4.78 is 27.6. The first-order valence-corrected chi connectivity index (χ1v) is 4.70. The van der Waals surface area contributed by atoms with Crippen LogP contribution in [0.25, 0.3) is 0 Å². The van der Waals surface area contributed by atoms with E-state index in [1.165, 1.54) is 0 Å². The number of hydrogen-bond acceptors (Lipinski definition) is 2. The van der Waals surface area contributed by atoms with Crippen molar-refractivity contribution in [2.75, 3.05) is 20.2 Å². The summed E-state index contributed by atoms with van der Waals surface area (Å²) in [6, 6.07) is 0.254. The second kappa shape index (κ2) is 6.90. The summed E-state index contributed by atoms with van der Waals surface area (Å²) in [6.45, 7) is 5.71. The standard InChI is InChI=1S/C10H19F2NO/c1-5-9(3)13(4)6-8(2)7-14-10(11)12/h5,8-10H,1,6-7H2,2-4H3/t8?,9-/m1/s1. The molecule has 0 aliphatic heterocycles. The van der Waals surface area contributed by atoms with Crippen molar-refractivity contribution in [2.45, 2.75) is 26.5 Å². The van der Waals surface area contributed by atoms with Crippen molar-refractivity contribution in [1.82, 2.24) is 4.90 Å². The summed E-state index contributed by atoms with van der Waals surface area (Å²) in [5, 5.41) is 0. The molecule has 2 atom stereocenters. The molecule has 2 nitrogen and oxygen atoms in total. The van der Waals surface area contributed by atoms with E-state index < -0.39 is 6.61 Å². The van der Waals surface area contributed by atoms with E-state index in [1.54, 1.807) is 0 Å². The average Bonchev–Trinajstić information content (AvgIpc) is 2.13. The zero-order valence-corrected chi connectivity index (χ0v) is 9.04. The minimum atomic E-state index is -2.67. The molecule has 0 heterocycles. The Bertz CT molecular complexity index is 164. The summed E-state index contributed by atoms with van der Waals surface area (Å²) in [5.74, 6) is 0.0939.